The maximum atomic E-state index is 11.1. The van der Waals surface area contributed by atoms with Gasteiger partial charge in [-0.3, -0.25) is 9.48 Å². The highest BCUT2D eigenvalue weighted by atomic mass is 32.1. The summed E-state index contributed by atoms with van der Waals surface area (Å²) >= 11 is 1.18. The molecule has 0 aliphatic heterocycles. The van der Waals surface area contributed by atoms with Crippen molar-refractivity contribution in [3.05, 3.63) is 11.8 Å². The molecule has 78 valence electrons. The predicted octanol–water partition coefficient (Wildman–Crippen LogP) is -0.380. The van der Waals surface area contributed by atoms with E-state index in [0.717, 1.165) is 0 Å². The molecule has 0 atom stereocenters. The standard InChI is InChI=1S/C7H8N6OS/c1-13-4(3(2-10-13)5(8)14)6-11-12-7(9)15-6/h2H,1H3,(H2,8,14)(H2,9,12). The third-order valence-corrected chi connectivity index (χ3v) is 2.61. The Bertz CT molecular complexity index is 515. The minimum Gasteiger partial charge on any atom is -0.374 e. The number of nitrogens with two attached hydrogens (primary N) is 2. The Labute approximate surface area is 88.7 Å². The van der Waals surface area contributed by atoms with Crippen molar-refractivity contribution in [1.82, 2.24) is 20.0 Å². The van der Waals surface area contributed by atoms with Crippen LogP contribution in [0.3, 0.4) is 0 Å². The van der Waals surface area contributed by atoms with Crippen molar-refractivity contribution in [3.63, 3.8) is 0 Å². The molecule has 2 rings (SSSR count). The lowest BCUT2D eigenvalue weighted by Gasteiger charge is -1.98. The van der Waals surface area contributed by atoms with Crippen molar-refractivity contribution in [2.24, 2.45) is 12.8 Å². The number of nitrogen functional groups attached to an aromatic ring is 1. The van der Waals surface area contributed by atoms with Crippen LogP contribution in [0.15, 0.2) is 6.20 Å². The summed E-state index contributed by atoms with van der Waals surface area (Å²) in [4.78, 5) is 11.1. The summed E-state index contributed by atoms with van der Waals surface area (Å²) in [6.45, 7) is 0. The molecule has 0 aliphatic rings. The molecule has 0 fully saturated rings. The van der Waals surface area contributed by atoms with E-state index in [9.17, 15) is 4.79 Å². The van der Waals surface area contributed by atoms with Crippen LogP contribution >= 0.6 is 11.3 Å². The molecule has 0 bridgehead atoms. The normalized spacial score (nSPS) is 10.5. The van der Waals surface area contributed by atoms with Crippen LogP contribution in [0.4, 0.5) is 5.13 Å². The zero-order chi connectivity index (χ0) is 11.0. The van der Waals surface area contributed by atoms with E-state index in [4.69, 9.17) is 11.5 Å². The van der Waals surface area contributed by atoms with E-state index in [1.165, 1.54) is 22.2 Å². The molecule has 4 N–H and O–H groups in total. The van der Waals surface area contributed by atoms with E-state index >= 15 is 0 Å². The Kier molecular flexibility index (Phi) is 2.12. The van der Waals surface area contributed by atoms with Crippen LogP contribution in [0.2, 0.25) is 0 Å². The van der Waals surface area contributed by atoms with Gasteiger partial charge in [0.1, 0.15) is 5.69 Å². The fourth-order valence-electron chi connectivity index (χ4n) is 1.20. The first-order valence-corrected chi connectivity index (χ1v) is 4.82. The average Bonchev–Trinajstić information content (AvgIpc) is 2.71. The number of hydrogen-bond donors (Lipinski definition) is 2. The number of primary amides is 1. The number of carbonyl (C=O) groups excluding carboxylic acids is 1. The Morgan fingerprint density at radius 3 is 2.80 bits per heavy atom. The number of carbonyl (C=O) groups is 1. The molecule has 0 spiro atoms. The summed E-state index contributed by atoms with van der Waals surface area (Å²) in [7, 11) is 1.69. The first-order valence-electron chi connectivity index (χ1n) is 4.00. The molecule has 0 aromatic carbocycles. The third kappa shape index (κ3) is 1.54. The van der Waals surface area contributed by atoms with E-state index in [1.807, 2.05) is 0 Å². The Morgan fingerprint density at radius 2 is 2.27 bits per heavy atom. The molecule has 0 radical (unpaired) electrons. The molecule has 8 heteroatoms. The van der Waals surface area contributed by atoms with Gasteiger partial charge in [-0.15, -0.1) is 10.2 Å². The number of amides is 1. The molecule has 1 amide bonds. The van der Waals surface area contributed by atoms with Gasteiger partial charge in [-0.25, -0.2) is 0 Å². The predicted molar refractivity (Wildman–Crippen MR) is 55.0 cm³/mol. The van der Waals surface area contributed by atoms with Gasteiger partial charge < -0.3 is 11.5 Å². The van der Waals surface area contributed by atoms with E-state index in [2.05, 4.69) is 15.3 Å². The summed E-state index contributed by atoms with van der Waals surface area (Å²) in [6, 6.07) is 0. The maximum Gasteiger partial charge on any atom is 0.252 e. The molecule has 0 aliphatic carbocycles. The summed E-state index contributed by atoms with van der Waals surface area (Å²) in [5.74, 6) is -0.549. The minimum atomic E-state index is -0.549. The van der Waals surface area contributed by atoms with Crippen LogP contribution < -0.4 is 11.5 Å². The Balaban J connectivity index is 2.60. The highest BCUT2D eigenvalue weighted by Gasteiger charge is 2.18. The molecule has 0 saturated heterocycles. The number of nitrogens with zero attached hydrogens (tertiary/aromatic N) is 4. The second kappa shape index (κ2) is 3.31. The molecule has 2 aromatic heterocycles. The summed E-state index contributed by atoms with van der Waals surface area (Å²) < 4.78 is 1.51. The highest BCUT2D eigenvalue weighted by molar-refractivity contribution is 7.18. The lowest BCUT2D eigenvalue weighted by atomic mass is 10.2. The summed E-state index contributed by atoms with van der Waals surface area (Å²) in [5.41, 5.74) is 11.5. The molecule has 2 aromatic rings. The Hall–Kier alpha value is -1.96. The van der Waals surface area contributed by atoms with Crippen LogP contribution in [0.25, 0.3) is 10.7 Å². The van der Waals surface area contributed by atoms with Gasteiger partial charge in [0.05, 0.1) is 11.8 Å². The van der Waals surface area contributed by atoms with Gasteiger partial charge in [0, 0.05) is 7.05 Å². The van der Waals surface area contributed by atoms with E-state index in [-0.39, 0.29) is 0 Å². The number of aryl methyl sites for hydroxylation is 1. The van der Waals surface area contributed by atoms with E-state index < -0.39 is 5.91 Å². The van der Waals surface area contributed by atoms with Crippen molar-refractivity contribution < 1.29 is 4.79 Å². The molecule has 15 heavy (non-hydrogen) atoms. The molecular weight excluding hydrogens is 216 g/mol. The topological polar surface area (TPSA) is 113 Å². The largest absolute Gasteiger partial charge is 0.374 e. The van der Waals surface area contributed by atoms with Crippen LogP contribution in [-0.4, -0.2) is 25.9 Å². The fourth-order valence-corrected chi connectivity index (χ4v) is 1.90. The lowest BCUT2D eigenvalue weighted by Crippen LogP contribution is -2.11. The summed E-state index contributed by atoms with van der Waals surface area (Å²) in [6.07, 6.45) is 1.40. The van der Waals surface area contributed by atoms with Crippen LogP contribution in [0.5, 0.6) is 0 Å². The SMILES string of the molecule is Cn1ncc(C(N)=O)c1-c1nnc(N)s1. The Morgan fingerprint density at radius 1 is 1.53 bits per heavy atom. The summed E-state index contributed by atoms with van der Waals surface area (Å²) in [5, 5.41) is 12.3. The second-order valence-corrected chi connectivity index (χ2v) is 3.85. The number of rotatable bonds is 2. The second-order valence-electron chi connectivity index (χ2n) is 2.84. The molecule has 0 unspecified atom stereocenters. The molecule has 2 heterocycles. The van der Waals surface area contributed by atoms with Gasteiger partial charge >= 0.3 is 0 Å². The van der Waals surface area contributed by atoms with E-state index in [0.29, 0.717) is 21.4 Å². The van der Waals surface area contributed by atoms with Crippen LogP contribution in [-0.2, 0) is 7.05 Å². The highest BCUT2D eigenvalue weighted by Crippen LogP contribution is 2.26. The van der Waals surface area contributed by atoms with Gasteiger partial charge in [0.25, 0.3) is 5.91 Å². The maximum absolute atomic E-state index is 11.1. The number of aromatic nitrogens is 4. The van der Waals surface area contributed by atoms with Crippen molar-refractivity contribution in [3.8, 4) is 10.7 Å². The molecule has 7 nitrogen and oxygen atoms in total. The zero-order valence-electron chi connectivity index (χ0n) is 7.84. The monoisotopic (exact) mass is 224 g/mol. The van der Waals surface area contributed by atoms with Gasteiger partial charge in [-0.05, 0) is 0 Å². The fraction of sp³-hybridized carbons (Fsp3) is 0.143. The minimum absolute atomic E-state index is 0.314. The lowest BCUT2D eigenvalue weighted by molar-refractivity contribution is 0.100. The van der Waals surface area contributed by atoms with Gasteiger partial charge in [-0.1, -0.05) is 11.3 Å². The van der Waals surface area contributed by atoms with Crippen molar-refractivity contribution >= 4 is 22.4 Å². The van der Waals surface area contributed by atoms with Crippen molar-refractivity contribution in [2.45, 2.75) is 0 Å². The average molecular weight is 224 g/mol. The van der Waals surface area contributed by atoms with Gasteiger partial charge in [0.15, 0.2) is 5.01 Å². The number of hydrogen-bond acceptors (Lipinski definition) is 6. The molecular formula is C7H8N6OS. The quantitative estimate of drug-likeness (QED) is 0.721. The van der Waals surface area contributed by atoms with Crippen LogP contribution in [0.1, 0.15) is 10.4 Å². The van der Waals surface area contributed by atoms with Gasteiger partial charge in [0.2, 0.25) is 5.13 Å². The first-order chi connectivity index (χ1) is 7.09. The third-order valence-electron chi connectivity index (χ3n) is 1.85. The van der Waals surface area contributed by atoms with Crippen LogP contribution in [0, 0.1) is 0 Å². The van der Waals surface area contributed by atoms with Crippen molar-refractivity contribution in [1.29, 1.82) is 0 Å². The number of anilines is 1. The van der Waals surface area contributed by atoms with Crippen molar-refractivity contribution in [2.75, 3.05) is 5.73 Å². The molecule has 0 saturated carbocycles. The zero-order valence-corrected chi connectivity index (χ0v) is 8.65. The van der Waals surface area contributed by atoms with E-state index in [1.54, 1.807) is 7.05 Å². The smallest absolute Gasteiger partial charge is 0.252 e. The first kappa shape index (κ1) is 9.59. The van der Waals surface area contributed by atoms with Gasteiger partial charge in [-0.2, -0.15) is 5.10 Å².